The second kappa shape index (κ2) is 4.51. The summed E-state index contributed by atoms with van der Waals surface area (Å²) in [4.78, 5) is 0.108. The number of hydrogen-bond donors (Lipinski definition) is 1. The fourth-order valence-electron chi connectivity index (χ4n) is 3.28. The van der Waals surface area contributed by atoms with Gasteiger partial charge in [-0.2, -0.15) is 4.31 Å². The zero-order valence-corrected chi connectivity index (χ0v) is 12.2. The normalized spacial score (nSPS) is 30.1. The van der Waals surface area contributed by atoms with Crippen LogP contribution in [0, 0.1) is 18.7 Å². The zero-order valence-electron chi connectivity index (χ0n) is 11.3. The SMILES string of the molecule is Cc1cc(S(=O)(=O)N2CCC[C@@H]3C[C@@]32CO)ccc1F. The third-order valence-corrected chi connectivity index (χ3v) is 6.58. The minimum Gasteiger partial charge on any atom is -0.394 e. The van der Waals surface area contributed by atoms with E-state index in [1.807, 2.05) is 0 Å². The number of hydrogen-bond acceptors (Lipinski definition) is 3. The molecule has 1 saturated carbocycles. The van der Waals surface area contributed by atoms with Gasteiger partial charge in [0.2, 0.25) is 10.0 Å². The van der Waals surface area contributed by atoms with Crippen LogP contribution in [0.2, 0.25) is 0 Å². The molecule has 0 aromatic heterocycles. The minimum atomic E-state index is -3.67. The maximum Gasteiger partial charge on any atom is 0.243 e. The highest BCUT2D eigenvalue weighted by Gasteiger charge is 2.62. The van der Waals surface area contributed by atoms with Gasteiger partial charge in [-0.3, -0.25) is 0 Å². The van der Waals surface area contributed by atoms with Gasteiger partial charge >= 0.3 is 0 Å². The van der Waals surface area contributed by atoms with Crippen molar-refractivity contribution in [3.63, 3.8) is 0 Å². The molecule has 4 nitrogen and oxygen atoms in total. The van der Waals surface area contributed by atoms with Gasteiger partial charge in [0.25, 0.3) is 0 Å². The molecular formula is C14H18FNO3S. The minimum absolute atomic E-state index is 0.108. The molecule has 1 aromatic rings. The lowest BCUT2D eigenvalue weighted by atomic mass is 10.1. The van der Waals surface area contributed by atoms with Gasteiger partial charge in [-0.1, -0.05) is 0 Å². The lowest BCUT2D eigenvalue weighted by Gasteiger charge is -2.34. The van der Waals surface area contributed by atoms with Gasteiger partial charge in [-0.05, 0) is 55.9 Å². The van der Waals surface area contributed by atoms with E-state index in [9.17, 15) is 17.9 Å². The molecule has 2 fully saturated rings. The number of piperidine rings is 1. The van der Waals surface area contributed by atoms with Crippen molar-refractivity contribution in [1.82, 2.24) is 4.31 Å². The van der Waals surface area contributed by atoms with Crippen LogP contribution in [0.15, 0.2) is 23.1 Å². The lowest BCUT2D eigenvalue weighted by molar-refractivity contribution is 0.137. The molecule has 0 bridgehead atoms. The van der Waals surface area contributed by atoms with Crippen LogP contribution in [-0.4, -0.2) is 36.5 Å². The number of halogens is 1. The van der Waals surface area contributed by atoms with Gasteiger partial charge in [0.15, 0.2) is 0 Å². The van der Waals surface area contributed by atoms with Crippen LogP contribution >= 0.6 is 0 Å². The van der Waals surface area contributed by atoms with Crippen LogP contribution in [0.25, 0.3) is 0 Å². The van der Waals surface area contributed by atoms with E-state index in [2.05, 4.69) is 0 Å². The quantitative estimate of drug-likeness (QED) is 0.923. The fourth-order valence-corrected chi connectivity index (χ4v) is 5.23. The Morgan fingerprint density at radius 2 is 2.25 bits per heavy atom. The van der Waals surface area contributed by atoms with Gasteiger partial charge in [0.1, 0.15) is 5.82 Å². The molecule has 20 heavy (non-hydrogen) atoms. The summed E-state index contributed by atoms with van der Waals surface area (Å²) in [5.41, 5.74) is -0.298. The highest BCUT2D eigenvalue weighted by atomic mass is 32.2. The van der Waals surface area contributed by atoms with Gasteiger partial charge in [-0.25, -0.2) is 12.8 Å². The Labute approximate surface area is 118 Å². The summed E-state index contributed by atoms with van der Waals surface area (Å²) in [7, 11) is -3.67. The number of aliphatic hydroxyl groups is 1. The third-order valence-electron chi connectivity index (χ3n) is 4.60. The van der Waals surface area contributed by atoms with Crippen molar-refractivity contribution in [3.8, 4) is 0 Å². The summed E-state index contributed by atoms with van der Waals surface area (Å²) in [6.45, 7) is 1.83. The van der Waals surface area contributed by atoms with Crippen molar-refractivity contribution < 1.29 is 17.9 Å². The lowest BCUT2D eigenvalue weighted by Crippen LogP contribution is -2.48. The standard InChI is InChI=1S/C14H18FNO3S/c1-10-7-12(4-5-13(10)15)20(18,19)16-6-2-3-11-8-14(11,16)9-17/h4-5,7,11,17H,2-3,6,8-9H2,1H3/t11-,14-/m1/s1. The Morgan fingerprint density at radius 3 is 2.90 bits per heavy atom. The van der Waals surface area contributed by atoms with Crippen molar-refractivity contribution in [3.05, 3.63) is 29.6 Å². The first-order valence-corrected chi connectivity index (χ1v) is 8.26. The van der Waals surface area contributed by atoms with Crippen LogP contribution in [0.3, 0.4) is 0 Å². The molecule has 3 rings (SSSR count). The fraction of sp³-hybridized carbons (Fsp3) is 0.571. The van der Waals surface area contributed by atoms with Gasteiger partial charge in [-0.15, -0.1) is 0 Å². The van der Waals surface area contributed by atoms with Gasteiger partial charge in [0.05, 0.1) is 17.0 Å². The summed E-state index contributed by atoms with van der Waals surface area (Å²) < 4.78 is 40.2. The molecule has 110 valence electrons. The van der Waals surface area contributed by atoms with E-state index in [0.717, 1.165) is 19.3 Å². The topological polar surface area (TPSA) is 57.6 Å². The first kappa shape index (κ1) is 14.0. The number of sulfonamides is 1. The van der Waals surface area contributed by atoms with Gasteiger partial charge in [0, 0.05) is 6.54 Å². The van der Waals surface area contributed by atoms with E-state index in [-0.39, 0.29) is 17.4 Å². The Hall–Kier alpha value is -0.980. The van der Waals surface area contributed by atoms with Gasteiger partial charge < -0.3 is 5.11 Å². The van der Waals surface area contributed by atoms with Crippen molar-refractivity contribution in [2.75, 3.05) is 13.2 Å². The Bertz CT molecular complexity index is 646. The summed E-state index contributed by atoms with van der Waals surface area (Å²) in [5, 5.41) is 9.61. The summed E-state index contributed by atoms with van der Waals surface area (Å²) >= 11 is 0. The molecule has 0 amide bonds. The molecule has 1 aromatic carbocycles. The second-order valence-electron chi connectivity index (χ2n) is 5.79. The molecule has 1 N–H and O–H groups in total. The number of nitrogens with zero attached hydrogens (tertiary/aromatic N) is 1. The number of fused-ring (bicyclic) bond motifs is 1. The molecule has 0 unspecified atom stereocenters. The Kier molecular flexibility index (Phi) is 3.15. The molecular weight excluding hydrogens is 281 g/mol. The van der Waals surface area contributed by atoms with E-state index in [0.29, 0.717) is 12.1 Å². The number of benzene rings is 1. The van der Waals surface area contributed by atoms with Crippen LogP contribution in [0.4, 0.5) is 4.39 Å². The third kappa shape index (κ3) is 1.89. The summed E-state index contributed by atoms with van der Waals surface area (Å²) in [5.74, 6) is -0.152. The Balaban J connectivity index is 2.01. The molecule has 2 atom stereocenters. The van der Waals surface area contributed by atoms with Crippen molar-refractivity contribution in [1.29, 1.82) is 0 Å². The zero-order chi connectivity index (χ0) is 14.5. The molecule has 6 heteroatoms. The second-order valence-corrected chi connectivity index (χ2v) is 7.66. The molecule has 1 aliphatic carbocycles. The van der Waals surface area contributed by atoms with Crippen LogP contribution < -0.4 is 0 Å². The molecule has 1 heterocycles. The smallest absolute Gasteiger partial charge is 0.243 e. The maximum atomic E-state index is 13.3. The molecule has 0 spiro atoms. The summed E-state index contributed by atoms with van der Waals surface area (Å²) in [6.07, 6.45) is 2.50. The first-order chi connectivity index (χ1) is 9.41. The predicted molar refractivity (Wildman–Crippen MR) is 72.2 cm³/mol. The van der Waals surface area contributed by atoms with Crippen LogP contribution in [0.5, 0.6) is 0 Å². The summed E-state index contributed by atoms with van der Waals surface area (Å²) in [6, 6.07) is 3.85. The maximum absolute atomic E-state index is 13.3. The number of aliphatic hydroxyl groups excluding tert-OH is 1. The van der Waals surface area contributed by atoms with E-state index in [1.54, 1.807) is 6.92 Å². The largest absolute Gasteiger partial charge is 0.394 e. The molecule has 0 radical (unpaired) electrons. The average Bonchev–Trinajstić information content (AvgIpc) is 3.16. The van der Waals surface area contributed by atoms with E-state index in [1.165, 1.54) is 22.5 Å². The monoisotopic (exact) mass is 299 g/mol. The predicted octanol–water partition coefficient (Wildman–Crippen LogP) is 1.67. The average molecular weight is 299 g/mol. The van der Waals surface area contributed by atoms with Crippen molar-refractivity contribution in [2.24, 2.45) is 5.92 Å². The first-order valence-electron chi connectivity index (χ1n) is 6.82. The Morgan fingerprint density at radius 1 is 1.50 bits per heavy atom. The van der Waals surface area contributed by atoms with Crippen LogP contribution in [0.1, 0.15) is 24.8 Å². The highest BCUT2D eigenvalue weighted by molar-refractivity contribution is 7.89. The molecule has 1 aliphatic heterocycles. The highest BCUT2D eigenvalue weighted by Crippen LogP contribution is 2.55. The van der Waals surface area contributed by atoms with Crippen molar-refractivity contribution in [2.45, 2.75) is 36.6 Å². The number of rotatable bonds is 3. The van der Waals surface area contributed by atoms with E-state index < -0.39 is 21.4 Å². The van der Waals surface area contributed by atoms with Crippen LogP contribution in [-0.2, 0) is 10.0 Å². The van der Waals surface area contributed by atoms with E-state index >= 15 is 0 Å². The number of aryl methyl sites for hydroxylation is 1. The molecule has 1 saturated heterocycles. The van der Waals surface area contributed by atoms with Crippen molar-refractivity contribution >= 4 is 10.0 Å². The van der Waals surface area contributed by atoms with E-state index in [4.69, 9.17) is 0 Å². The molecule has 2 aliphatic rings.